The van der Waals surface area contributed by atoms with Crippen molar-refractivity contribution in [3.8, 4) is 0 Å². The number of nitrogens with one attached hydrogen (secondary N) is 1. The van der Waals surface area contributed by atoms with Gasteiger partial charge in [-0.2, -0.15) is 0 Å². The van der Waals surface area contributed by atoms with Gasteiger partial charge in [-0.05, 0) is 29.2 Å². The highest BCUT2D eigenvalue weighted by Gasteiger charge is 2.51. The molecule has 2 aliphatic heterocycles. The number of carbonyl (C=O) groups excluding carboxylic acids is 3. The lowest BCUT2D eigenvalue weighted by Gasteiger charge is -2.55. The van der Waals surface area contributed by atoms with Gasteiger partial charge in [-0.15, -0.1) is 0 Å². The lowest BCUT2D eigenvalue weighted by molar-refractivity contribution is -0.190. The summed E-state index contributed by atoms with van der Waals surface area (Å²) in [6, 6.07) is 16.1. The molecule has 1 N–H and O–H groups in total. The molecule has 2 fully saturated rings. The Morgan fingerprint density at radius 3 is 2.47 bits per heavy atom. The second-order valence-corrected chi connectivity index (χ2v) is 9.56. The van der Waals surface area contributed by atoms with Gasteiger partial charge in [0.25, 0.3) is 0 Å². The minimum atomic E-state index is -0.649. The highest BCUT2D eigenvalue weighted by atomic mass is 35.5. The number of likely N-dealkylation sites (N-methyl/N-ethyl adjacent to an activating group) is 1. The van der Waals surface area contributed by atoms with Crippen LogP contribution in [0.5, 0.6) is 0 Å². The van der Waals surface area contributed by atoms with Gasteiger partial charge in [0, 0.05) is 25.2 Å². The molecule has 8 nitrogen and oxygen atoms in total. The second-order valence-electron chi connectivity index (χ2n) is 9.12. The van der Waals surface area contributed by atoms with E-state index >= 15 is 0 Å². The molecule has 2 heterocycles. The van der Waals surface area contributed by atoms with E-state index in [2.05, 4.69) is 5.32 Å². The molecule has 2 aromatic rings. The van der Waals surface area contributed by atoms with Gasteiger partial charge in [-0.25, -0.2) is 14.8 Å². The molecule has 0 aromatic heterocycles. The van der Waals surface area contributed by atoms with Gasteiger partial charge >= 0.3 is 6.03 Å². The zero-order valence-corrected chi connectivity index (χ0v) is 20.4. The van der Waals surface area contributed by atoms with Crippen LogP contribution in [0.1, 0.15) is 25.0 Å². The molecule has 0 saturated carbocycles. The fourth-order valence-corrected chi connectivity index (χ4v) is 4.93. The van der Waals surface area contributed by atoms with Crippen LogP contribution in [-0.4, -0.2) is 70.0 Å². The summed E-state index contributed by atoms with van der Waals surface area (Å²) in [5.41, 5.74) is 1.87. The number of benzene rings is 2. The SMILES string of the molecule is CC(C)[C@H]1C(=O)N(Cc2cccc(Cl)c2)CC2N1C(=O)CN(C)N2C(=O)NCc1ccccc1. The standard InChI is InChI=1S/C25H30ClN5O3/c1-17(2)23-24(33)29(14-19-10-7-11-20(26)12-19)15-21-30(23)22(32)16-28(3)31(21)25(34)27-13-18-8-5-4-6-9-18/h4-12,17,21,23H,13-16H2,1-3H3,(H,27,34)/t21?,23-/m0/s1. The maximum Gasteiger partial charge on any atom is 0.334 e. The van der Waals surface area contributed by atoms with E-state index in [0.29, 0.717) is 18.1 Å². The van der Waals surface area contributed by atoms with Crippen LogP contribution in [0.2, 0.25) is 5.02 Å². The van der Waals surface area contributed by atoms with Crippen molar-refractivity contribution in [2.24, 2.45) is 5.92 Å². The maximum atomic E-state index is 13.5. The first-order chi connectivity index (χ1) is 16.3. The fourth-order valence-electron chi connectivity index (χ4n) is 4.71. The number of fused-ring (bicyclic) bond motifs is 1. The largest absolute Gasteiger partial charge is 0.334 e. The molecule has 0 radical (unpaired) electrons. The summed E-state index contributed by atoms with van der Waals surface area (Å²) in [6.45, 7) is 4.80. The minimum Gasteiger partial charge on any atom is -0.333 e. The van der Waals surface area contributed by atoms with Gasteiger partial charge in [0.15, 0.2) is 0 Å². The number of rotatable bonds is 5. The molecular formula is C25H30ClN5O3. The van der Waals surface area contributed by atoms with Crippen LogP contribution in [-0.2, 0) is 22.7 Å². The number of amides is 4. The van der Waals surface area contributed by atoms with Crippen LogP contribution in [0.4, 0.5) is 4.79 Å². The van der Waals surface area contributed by atoms with Crippen molar-refractivity contribution in [1.82, 2.24) is 25.1 Å². The summed E-state index contributed by atoms with van der Waals surface area (Å²) < 4.78 is 0. The summed E-state index contributed by atoms with van der Waals surface area (Å²) >= 11 is 6.15. The predicted octanol–water partition coefficient (Wildman–Crippen LogP) is 2.93. The molecular weight excluding hydrogens is 454 g/mol. The summed E-state index contributed by atoms with van der Waals surface area (Å²) in [6.07, 6.45) is -0.605. The van der Waals surface area contributed by atoms with Gasteiger partial charge < -0.3 is 15.1 Å². The minimum absolute atomic E-state index is 0.0278. The second kappa shape index (κ2) is 10.0. The number of hydrogen-bond acceptors (Lipinski definition) is 4. The Kier molecular flexibility index (Phi) is 7.09. The Hall–Kier alpha value is -3.10. The normalized spacial score (nSPS) is 21.1. The molecule has 2 aliphatic rings. The number of nitrogens with zero attached hydrogens (tertiary/aromatic N) is 4. The van der Waals surface area contributed by atoms with Crippen LogP contribution < -0.4 is 5.32 Å². The van der Waals surface area contributed by atoms with E-state index in [1.165, 1.54) is 0 Å². The van der Waals surface area contributed by atoms with Crippen LogP contribution in [0.15, 0.2) is 54.6 Å². The van der Waals surface area contributed by atoms with E-state index in [9.17, 15) is 14.4 Å². The number of halogens is 1. The van der Waals surface area contributed by atoms with Crippen molar-refractivity contribution in [3.05, 3.63) is 70.7 Å². The van der Waals surface area contributed by atoms with Gasteiger partial charge in [0.2, 0.25) is 11.8 Å². The molecule has 2 saturated heterocycles. The zero-order chi connectivity index (χ0) is 24.4. The molecule has 0 aliphatic carbocycles. The predicted molar refractivity (Wildman–Crippen MR) is 129 cm³/mol. The molecule has 0 bridgehead atoms. The summed E-state index contributed by atoms with van der Waals surface area (Å²) in [4.78, 5) is 43.2. The van der Waals surface area contributed by atoms with Crippen molar-refractivity contribution < 1.29 is 14.4 Å². The third-order valence-electron chi connectivity index (χ3n) is 6.26. The third kappa shape index (κ3) is 4.88. The monoisotopic (exact) mass is 483 g/mol. The summed E-state index contributed by atoms with van der Waals surface area (Å²) in [7, 11) is 1.72. The van der Waals surface area contributed by atoms with E-state index < -0.39 is 12.2 Å². The van der Waals surface area contributed by atoms with Gasteiger partial charge in [-0.3, -0.25) is 9.59 Å². The van der Waals surface area contributed by atoms with E-state index in [-0.39, 0.29) is 36.9 Å². The highest BCUT2D eigenvalue weighted by molar-refractivity contribution is 6.30. The number of carbonyl (C=O) groups is 3. The number of piperazine rings is 1. The van der Waals surface area contributed by atoms with E-state index in [1.807, 2.05) is 62.4 Å². The molecule has 1 unspecified atom stereocenters. The van der Waals surface area contributed by atoms with Crippen LogP contribution in [0, 0.1) is 5.92 Å². The summed E-state index contributed by atoms with van der Waals surface area (Å²) in [5, 5.41) is 6.76. The third-order valence-corrected chi connectivity index (χ3v) is 6.50. The van der Waals surface area contributed by atoms with Crippen LogP contribution in [0.3, 0.4) is 0 Å². The van der Waals surface area contributed by atoms with Crippen molar-refractivity contribution in [2.75, 3.05) is 20.1 Å². The molecule has 9 heteroatoms. The van der Waals surface area contributed by atoms with E-state index in [1.54, 1.807) is 32.9 Å². The smallest absolute Gasteiger partial charge is 0.333 e. The Morgan fingerprint density at radius 1 is 1.09 bits per heavy atom. The van der Waals surface area contributed by atoms with Crippen molar-refractivity contribution in [2.45, 2.75) is 39.1 Å². The first kappa shape index (κ1) is 24.0. The number of urea groups is 1. The fraction of sp³-hybridized carbons (Fsp3) is 0.400. The molecule has 180 valence electrons. The topological polar surface area (TPSA) is 76.2 Å². The maximum absolute atomic E-state index is 13.5. The van der Waals surface area contributed by atoms with Crippen LogP contribution >= 0.6 is 11.6 Å². The van der Waals surface area contributed by atoms with Gasteiger partial charge in [0.05, 0.1) is 13.1 Å². The Morgan fingerprint density at radius 2 is 1.79 bits per heavy atom. The van der Waals surface area contributed by atoms with E-state index in [0.717, 1.165) is 11.1 Å². The van der Waals surface area contributed by atoms with E-state index in [4.69, 9.17) is 11.6 Å². The van der Waals surface area contributed by atoms with Crippen molar-refractivity contribution in [1.29, 1.82) is 0 Å². The van der Waals surface area contributed by atoms with Crippen LogP contribution in [0.25, 0.3) is 0 Å². The van der Waals surface area contributed by atoms with Crippen molar-refractivity contribution >= 4 is 29.4 Å². The molecule has 4 amide bonds. The number of hydrazine groups is 1. The molecule has 2 atom stereocenters. The lowest BCUT2D eigenvalue weighted by atomic mass is 9.96. The average Bonchev–Trinajstić information content (AvgIpc) is 2.79. The molecule has 2 aromatic carbocycles. The Bertz CT molecular complexity index is 1060. The lowest BCUT2D eigenvalue weighted by Crippen LogP contribution is -2.76. The summed E-state index contributed by atoms with van der Waals surface area (Å²) in [5.74, 6) is -0.387. The molecule has 34 heavy (non-hydrogen) atoms. The molecule has 4 rings (SSSR count). The molecule has 0 spiro atoms. The van der Waals surface area contributed by atoms with Crippen molar-refractivity contribution in [3.63, 3.8) is 0 Å². The van der Waals surface area contributed by atoms with Gasteiger partial charge in [0.1, 0.15) is 12.2 Å². The first-order valence-corrected chi connectivity index (χ1v) is 11.8. The quantitative estimate of drug-likeness (QED) is 0.709. The van der Waals surface area contributed by atoms with Gasteiger partial charge in [-0.1, -0.05) is 67.9 Å². The Balaban J connectivity index is 1.61. The highest BCUT2D eigenvalue weighted by Crippen LogP contribution is 2.30. The first-order valence-electron chi connectivity index (χ1n) is 11.4. The number of hydrogen-bond donors (Lipinski definition) is 1. The Labute approximate surface area is 205 Å². The zero-order valence-electron chi connectivity index (χ0n) is 19.6. The average molecular weight is 484 g/mol.